The molecule has 1 aromatic heterocycles. The molecule has 0 aliphatic carbocycles. The molecule has 0 radical (unpaired) electrons. The van der Waals surface area contributed by atoms with E-state index in [1.807, 2.05) is 33.0 Å². The molecule has 0 spiro atoms. The van der Waals surface area contributed by atoms with Gasteiger partial charge in [-0.05, 0) is 70.6 Å². The van der Waals surface area contributed by atoms with Crippen LogP contribution in [0.4, 0.5) is 5.69 Å². The van der Waals surface area contributed by atoms with Gasteiger partial charge in [0.25, 0.3) is 0 Å². The molecule has 2 unspecified atom stereocenters. The summed E-state index contributed by atoms with van der Waals surface area (Å²) < 4.78 is 28.4. The Morgan fingerprint density at radius 3 is 2.49 bits per heavy atom. The zero-order valence-corrected chi connectivity index (χ0v) is 22.3. The Morgan fingerprint density at radius 2 is 1.78 bits per heavy atom. The van der Waals surface area contributed by atoms with Crippen LogP contribution in [0, 0.1) is 13.8 Å². The number of anilines is 1. The molecule has 5 rings (SSSR count). The van der Waals surface area contributed by atoms with Crippen molar-refractivity contribution in [2.45, 2.75) is 31.3 Å². The van der Waals surface area contributed by atoms with Gasteiger partial charge in [-0.15, -0.1) is 0 Å². The molecular weight excluding hydrogens is 482 g/mol. The second-order valence-corrected chi connectivity index (χ2v) is 11.4. The molecule has 1 aliphatic rings. The minimum atomic E-state index is -3.47. The molecule has 37 heavy (non-hydrogen) atoms. The standard InChI is InChI=1S/C29H33N5O2S/c1-21-29(22(2)33(3)31-21)32-37(35,36)27-14-12-24(13-15-27)26-11-7-8-23(18-26)19-34-17-16-30-28(20-34)25-9-5-4-6-10-25/h4-15,18,28,30H,16-17,19-20H2,1-3H3,(H-,32,35,36)/p+1. The van der Waals surface area contributed by atoms with Crippen LogP contribution in [0.25, 0.3) is 11.1 Å². The van der Waals surface area contributed by atoms with Gasteiger partial charge >= 0.3 is 10.4 Å². The summed E-state index contributed by atoms with van der Waals surface area (Å²) in [6.45, 7) is 7.52. The molecule has 7 nitrogen and oxygen atoms in total. The minimum Gasteiger partial charge on any atom is -0.308 e. The predicted molar refractivity (Wildman–Crippen MR) is 150 cm³/mol. The quantitative estimate of drug-likeness (QED) is 0.294. The van der Waals surface area contributed by atoms with E-state index in [4.69, 9.17) is 0 Å². The van der Waals surface area contributed by atoms with E-state index in [1.165, 1.54) is 11.1 Å². The van der Waals surface area contributed by atoms with Gasteiger partial charge in [0.15, 0.2) is 0 Å². The predicted octanol–water partition coefficient (Wildman–Crippen LogP) is 5.21. The van der Waals surface area contributed by atoms with E-state index in [-0.39, 0.29) is 0 Å². The zero-order valence-electron chi connectivity index (χ0n) is 21.5. The first-order chi connectivity index (χ1) is 17.8. The van der Waals surface area contributed by atoms with E-state index < -0.39 is 10.4 Å². The highest BCUT2D eigenvalue weighted by molar-refractivity contribution is 7.99. The lowest BCUT2D eigenvalue weighted by Gasteiger charge is -2.34. The summed E-state index contributed by atoms with van der Waals surface area (Å²) >= 11 is 0. The Labute approximate surface area is 219 Å². The molecule has 4 aromatic rings. The lowest BCUT2D eigenvalue weighted by Crippen LogP contribution is -2.45. The number of aromatic nitrogens is 2. The molecule has 0 saturated carbocycles. The van der Waals surface area contributed by atoms with Crippen LogP contribution in [0.15, 0.2) is 83.8 Å². The summed E-state index contributed by atoms with van der Waals surface area (Å²) in [5.74, 6) is 0. The third kappa shape index (κ3) is 5.67. The van der Waals surface area contributed by atoms with Crippen LogP contribution in [0.5, 0.6) is 0 Å². The third-order valence-electron chi connectivity index (χ3n) is 7.05. The van der Waals surface area contributed by atoms with Gasteiger partial charge in [0, 0.05) is 39.3 Å². The molecule has 1 aliphatic heterocycles. The summed E-state index contributed by atoms with van der Waals surface area (Å²) in [5, 5.41) is 7.96. The lowest BCUT2D eigenvalue weighted by molar-refractivity contribution is 0.193. The Hall–Kier alpha value is -3.30. The van der Waals surface area contributed by atoms with Crippen LogP contribution in [-0.4, -0.2) is 38.9 Å². The molecule has 1 fully saturated rings. The molecule has 192 valence electrons. The number of nitrogens with one attached hydrogen (secondary N) is 2. The highest BCUT2D eigenvalue weighted by Gasteiger charge is 2.32. The van der Waals surface area contributed by atoms with Gasteiger partial charge < -0.3 is 5.32 Å². The van der Waals surface area contributed by atoms with Gasteiger partial charge in [0.1, 0.15) is 5.69 Å². The van der Waals surface area contributed by atoms with E-state index in [9.17, 15) is 8.76 Å². The fourth-order valence-electron chi connectivity index (χ4n) is 4.92. The number of hydrogen-bond donors (Lipinski definition) is 3. The Kier molecular flexibility index (Phi) is 7.26. The number of piperazine rings is 1. The van der Waals surface area contributed by atoms with Crippen molar-refractivity contribution in [2.75, 3.05) is 24.4 Å². The van der Waals surface area contributed by atoms with Gasteiger partial charge in [0.05, 0.1) is 11.4 Å². The van der Waals surface area contributed by atoms with Gasteiger partial charge in [0.2, 0.25) is 4.90 Å². The molecule has 1 saturated heterocycles. The van der Waals surface area contributed by atoms with Crippen LogP contribution < -0.4 is 10.0 Å². The Balaban J connectivity index is 1.28. The minimum absolute atomic E-state index is 0.336. The fourth-order valence-corrected chi connectivity index (χ4v) is 6.12. The Morgan fingerprint density at radius 1 is 1.03 bits per heavy atom. The van der Waals surface area contributed by atoms with Crippen molar-refractivity contribution < 1.29 is 8.76 Å². The summed E-state index contributed by atoms with van der Waals surface area (Å²) in [6.07, 6.45) is 0. The van der Waals surface area contributed by atoms with Crippen LogP contribution in [0.1, 0.15) is 28.6 Å². The topological polar surface area (TPSA) is 82.4 Å². The van der Waals surface area contributed by atoms with E-state index in [2.05, 4.69) is 74.6 Å². The zero-order chi connectivity index (χ0) is 26.0. The van der Waals surface area contributed by atoms with Crippen molar-refractivity contribution in [2.24, 2.45) is 7.05 Å². The molecule has 8 heteroatoms. The maximum atomic E-state index is 13.1. The van der Waals surface area contributed by atoms with Gasteiger partial charge in [-0.1, -0.05) is 48.5 Å². The van der Waals surface area contributed by atoms with Gasteiger partial charge in [-0.3, -0.25) is 9.58 Å². The van der Waals surface area contributed by atoms with Crippen molar-refractivity contribution in [3.63, 3.8) is 0 Å². The number of nitrogens with zero attached hydrogens (tertiary/aromatic N) is 3. The SMILES string of the molecule is Cc1nn(C)c(C)c1N[S+](=O)(O)c1ccc(-c2cccc(CN3CCNC(c4ccccc4)C3)c2)cc1. The number of hydrogen-bond acceptors (Lipinski definition) is 4. The van der Waals surface area contributed by atoms with Crippen molar-refractivity contribution in [3.05, 3.63) is 101 Å². The van der Waals surface area contributed by atoms with E-state index >= 15 is 0 Å². The monoisotopic (exact) mass is 516 g/mol. The van der Waals surface area contributed by atoms with Gasteiger partial charge in [-0.25, -0.2) is 0 Å². The molecule has 0 bridgehead atoms. The fraction of sp³-hybridized carbons (Fsp3) is 0.276. The van der Waals surface area contributed by atoms with Crippen molar-refractivity contribution >= 4 is 16.1 Å². The molecule has 3 N–H and O–H groups in total. The average molecular weight is 517 g/mol. The highest BCUT2D eigenvalue weighted by Crippen LogP contribution is 2.28. The van der Waals surface area contributed by atoms with Crippen LogP contribution in [0.2, 0.25) is 0 Å². The summed E-state index contributed by atoms with van der Waals surface area (Å²) in [5.41, 5.74) is 6.78. The molecule has 2 atom stereocenters. The summed E-state index contributed by atoms with van der Waals surface area (Å²) in [6, 6.07) is 26.8. The number of benzene rings is 3. The maximum absolute atomic E-state index is 13.1. The first kappa shape index (κ1) is 25.4. The van der Waals surface area contributed by atoms with Crippen molar-refractivity contribution in [1.29, 1.82) is 0 Å². The normalized spacial score (nSPS) is 17.9. The van der Waals surface area contributed by atoms with E-state index in [0.29, 0.717) is 22.3 Å². The Bertz CT molecular complexity index is 1420. The first-order valence-electron chi connectivity index (χ1n) is 12.5. The molecular formula is C29H34N5O2S+. The molecule has 3 aromatic carbocycles. The molecule has 2 heterocycles. The van der Waals surface area contributed by atoms with Crippen molar-refractivity contribution in [3.8, 4) is 11.1 Å². The van der Waals surface area contributed by atoms with E-state index in [1.54, 1.807) is 16.8 Å². The largest absolute Gasteiger partial charge is 0.346 e. The second kappa shape index (κ2) is 10.6. The first-order valence-corrected chi connectivity index (χ1v) is 14.1. The summed E-state index contributed by atoms with van der Waals surface area (Å²) in [7, 11) is -1.65. The number of aryl methyl sites for hydroxylation is 2. The highest BCUT2D eigenvalue weighted by atomic mass is 32.3. The molecule has 0 amide bonds. The van der Waals surface area contributed by atoms with Crippen molar-refractivity contribution in [1.82, 2.24) is 20.0 Å². The van der Waals surface area contributed by atoms with Gasteiger partial charge in [-0.2, -0.15) is 14.4 Å². The lowest BCUT2D eigenvalue weighted by atomic mass is 10.0. The van der Waals surface area contributed by atoms with Crippen LogP contribution in [0.3, 0.4) is 0 Å². The second-order valence-electron chi connectivity index (χ2n) is 9.67. The third-order valence-corrected chi connectivity index (χ3v) is 8.44. The van der Waals surface area contributed by atoms with E-state index in [0.717, 1.165) is 43.0 Å². The number of rotatable bonds is 7. The summed E-state index contributed by atoms with van der Waals surface area (Å²) in [4.78, 5) is 2.83. The average Bonchev–Trinajstić information content (AvgIpc) is 3.15. The van der Waals surface area contributed by atoms with Crippen LogP contribution >= 0.6 is 0 Å². The maximum Gasteiger partial charge on any atom is 0.346 e. The van der Waals surface area contributed by atoms with Crippen LogP contribution in [-0.2, 0) is 28.2 Å². The smallest absolute Gasteiger partial charge is 0.308 e.